The number of carbonyl (C=O) groups is 4. The van der Waals surface area contributed by atoms with Gasteiger partial charge in [0.15, 0.2) is 6.17 Å². The first-order valence-corrected chi connectivity index (χ1v) is 18.4. The number of carboxylic acids is 1. The van der Waals surface area contributed by atoms with Crippen LogP contribution in [0.1, 0.15) is 32.6 Å². The molecule has 5 N–H and O–H groups in total. The summed E-state index contributed by atoms with van der Waals surface area (Å²) in [6.07, 6.45) is -2.06. The molecule has 45 heavy (non-hydrogen) atoms. The van der Waals surface area contributed by atoms with Crippen LogP contribution in [0.5, 0.6) is 0 Å². The Bertz CT molecular complexity index is 1130. The fourth-order valence-corrected chi connectivity index (χ4v) is 8.65. The van der Waals surface area contributed by atoms with Gasteiger partial charge < -0.3 is 21.3 Å². The van der Waals surface area contributed by atoms with Crippen molar-refractivity contribution in [2.24, 2.45) is 11.5 Å². The largest absolute Gasteiger partial charge is 0.480 e. The number of rotatable bonds is 23. The molecule has 0 radical (unpaired) electrons. The summed E-state index contributed by atoms with van der Waals surface area (Å²) >= 11 is 25.2. The average molecular weight is 755 g/mol. The van der Waals surface area contributed by atoms with Gasteiger partial charge in [0.1, 0.15) is 6.04 Å². The van der Waals surface area contributed by atoms with Crippen molar-refractivity contribution in [3.8, 4) is 0 Å². The number of nitrogens with zero attached hydrogens (tertiary/aromatic N) is 3. The Morgan fingerprint density at radius 1 is 0.978 bits per heavy atom. The Morgan fingerprint density at radius 3 is 2.09 bits per heavy atom. The predicted molar refractivity (Wildman–Crippen MR) is 179 cm³/mol. The second kappa shape index (κ2) is 22.4. The number of para-hydroxylation sites is 1. The van der Waals surface area contributed by atoms with Gasteiger partial charge in [-0.3, -0.25) is 23.8 Å². The number of halogens is 4. The van der Waals surface area contributed by atoms with Crippen LogP contribution >= 0.6 is 66.1 Å². The summed E-state index contributed by atoms with van der Waals surface area (Å²) in [5.41, 5.74) is 11.7. The number of aliphatic carboxylic acids is 1. The van der Waals surface area contributed by atoms with Crippen molar-refractivity contribution < 1.29 is 37.6 Å². The number of alkyl halides is 4. The van der Waals surface area contributed by atoms with Crippen LogP contribution < -0.4 is 16.4 Å². The topological polar surface area (TPSA) is 186 Å². The fraction of sp³-hybridized carbons (Fsp3) is 0.615. The van der Waals surface area contributed by atoms with E-state index in [1.54, 1.807) is 22.9 Å². The van der Waals surface area contributed by atoms with Crippen molar-refractivity contribution in [2.75, 3.05) is 54.5 Å². The minimum Gasteiger partial charge on any atom is -0.480 e. The molecule has 13 nitrogen and oxygen atoms in total. The van der Waals surface area contributed by atoms with Gasteiger partial charge in [-0.2, -0.15) is 0 Å². The number of ether oxygens (including phenoxy) is 1. The van der Waals surface area contributed by atoms with E-state index in [1.807, 2.05) is 6.92 Å². The molecule has 19 heteroatoms. The lowest BCUT2D eigenvalue weighted by atomic mass is 10.2. The summed E-state index contributed by atoms with van der Waals surface area (Å²) in [6.45, 7) is 2.69. The van der Waals surface area contributed by atoms with E-state index in [2.05, 4.69) is 0 Å². The number of anilines is 1. The van der Waals surface area contributed by atoms with Gasteiger partial charge in [0.2, 0.25) is 5.91 Å². The van der Waals surface area contributed by atoms with Gasteiger partial charge in [0.25, 0.3) is 0 Å². The van der Waals surface area contributed by atoms with Crippen molar-refractivity contribution in [1.29, 1.82) is 0 Å². The molecule has 1 aromatic rings. The van der Waals surface area contributed by atoms with E-state index in [0.29, 0.717) is 6.42 Å². The molecule has 0 spiro atoms. The van der Waals surface area contributed by atoms with Crippen LogP contribution in [0.4, 0.5) is 5.69 Å². The second-order valence-electron chi connectivity index (χ2n) is 9.40. The van der Waals surface area contributed by atoms with Gasteiger partial charge in [-0.25, -0.2) is 18.1 Å². The summed E-state index contributed by atoms with van der Waals surface area (Å²) in [5.74, 6) is -3.78. The van der Waals surface area contributed by atoms with Crippen LogP contribution in [-0.2, 0) is 32.5 Å². The lowest BCUT2D eigenvalue weighted by Gasteiger charge is -2.37. The van der Waals surface area contributed by atoms with Crippen molar-refractivity contribution in [1.82, 2.24) is 9.34 Å². The molecule has 0 fully saturated rings. The normalized spacial score (nSPS) is 14.9. The SMILES string of the molecule is CC[C@@H](Cl)CN(CCCl)P(=O)(OSCCC(=O)N(c1ccccc1)C(N)C(=O)OC(=O)CCC(N)C(=O)O)N(CCCl)CCCl. The molecule has 0 aliphatic carbocycles. The second-order valence-corrected chi connectivity index (χ2v) is 14.5. The number of nitrogens with two attached hydrogens (primary N) is 2. The minimum atomic E-state index is -3.78. The first-order chi connectivity index (χ1) is 21.4. The van der Waals surface area contributed by atoms with E-state index in [0.717, 1.165) is 16.9 Å². The van der Waals surface area contributed by atoms with Gasteiger partial charge in [-0.1, -0.05) is 25.1 Å². The maximum Gasteiger partial charge on any atom is 0.357 e. The highest BCUT2D eigenvalue weighted by molar-refractivity contribution is 7.98. The molecular weight excluding hydrogens is 715 g/mol. The third kappa shape index (κ3) is 14.2. The number of hydrogen-bond donors (Lipinski definition) is 3. The molecule has 0 saturated carbocycles. The molecule has 4 atom stereocenters. The first kappa shape index (κ1) is 41.9. The fourth-order valence-electron chi connectivity index (χ4n) is 3.74. The monoisotopic (exact) mass is 753 g/mol. The van der Waals surface area contributed by atoms with E-state index in [9.17, 15) is 23.7 Å². The zero-order valence-electron chi connectivity index (χ0n) is 24.8. The molecule has 0 aromatic heterocycles. The van der Waals surface area contributed by atoms with E-state index >= 15 is 0 Å². The van der Waals surface area contributed by atoms with Crippen LogP contribution in [0.3, 0.4) is 0 Å². The molecule has 0 saturated heterocycles. The van der Waals surface area contributed by atoms with Gasteiger partial charge >= 0.3 is 25.6 Å². The summed E-state index contributed by atoms with van der Waals surface area (Å²) < 4.78 is 28.2. The van der Waals surface area contributed by atoms with Gasteiger partial charge in [-0.15, -0.1) is 46.4 Å². The van der Waals surface area contributed by atoms with Crippen LogP contribution in [0.25, 0.3) is 0 Å². The lowest BCUT2D eigenvalue weighted by Crippen LogP contribution is -2.52. The number of carbonyl (C=O) groups excluding carboxylic acids is 3. The molecular formula is C26H40Cl4N5O8PS. The first-order valence-electron chi connectivity index (χ1n) is 14.0. The van der Waals surface area contributed by atoms with E-state index in [4.69, 9.17) is 71.7 Å². The van der Waals surface area contributed by atoms with Crippen molar-refractivity contribution >= 4 is 95.6 Å². The van der Waals surface area contributed by atoms with Gasteiger partial charge in [0.05, 0.1) is 0 Å². The number of benzene rings is 1. The number of esters is 2. The maximum absolute atomic E-state index is 14.4. The highest BCUT2D eigenvalue weighted by atomic mass is 35.5. The number of hydrogen-bond acceptors (Lipinski definition) is 10. The van der Waals surface area contributed by atoms with Gasteiger partial charge in [0, 0.05) is 85.5 Å². The van der Waals surface area contributed by atoms with E-state index < -0.39 is 50.1 Å². The van der Waals surface area contributed by atoms with Crippen molar-refractivity contribution in [2.45, 2.75) is 50.2 Å². The molecule has 0 aliphatic rings. The lowest BCUT2D eigenvalue weighted by molar-refractivity contribution is -0.161. The predicted octanol–water partition coefficient (Wildman–Crippen LogP) is 4.07. The summed E-state index contributed by atoms with van der Waals surface area (Å²) in [7, 11) is -3.78. The van der Waals surface area contributed by atoms with Crippen LogP contribution in [-0.4, -0.2) is 105 Å². The summed E-state index contributed by atoms with van der Waals surface area (Å²) in [6, 6.07) is 6.68. The molecule has 256 valence electrons. The molecule has 3 unspecified atom stereocenters. The van der Waals surface area contributed by atoms with Gasteiger partial charge in [-0.05, 0) is 25.0 Å². The molecule has 1 aromatic carbocycles. The molecule has 0 heterocycles. The zero-order chi connectivity index (χ0) is 34.0. The third-order valence-corrected chi connectivity index (χ3v) is 10.9. The Balaban J connectivity index is 3.08. The maximum atomic E-state index is 14.4. The number of carboxylic acid groups (broad SMARTS) is 1. The highest BCUT2D eigenvalue weighted by Gasteiger charge is 2.40. The Hall–Kier alpha value is -1.16. The molecule has 1 amide bonds. The Morgan fingerprint density at radius 2 is 1.56 bits per heavy atom. The van der Waals surface area contributed by atoms with E-state index in [1.165, 1.54) is 16.8 Å². The third-order valence-electron chi connectivity index (χ3n) is 6.16. The van der Waals surface area contributed by atoms with Crippen molar-refractivity contribution in [3.63, 3.8) is 0 Å². The molecule has 0 bridgehead atoms. The zero-order valence-corrected chi connectivity index (χ0v) is 29.5. The Labute approximate surface area is 287 Å². The quantitative estimate of drug-likeness (QED) is 0.0277. The minimum absolute atomic E-state index is 0.0116. The number of amides is 1. The summed E-state index contributed by atoms with van der Waals surface area (Å²) in [4.78, 5) is 50.1. The van der Waals surface area contributed by atoms with Crippen molar-refractivity contribution in [3.05, 3.63) is 30.3 Å². The van der Waals surface area contributed by atoms with Crippen LogP contribution in [0.2, 0.25) is 0 Å². The molecule has 1 rings (SSSR count). The standard InChI is InChI=1S/C26H40Cl4N5O8PS/c1-2-19(30)18-34(16-13-29)44(41,33(14-11-27)15-12-28)43-45-17-10-22(36)35(20-6-4-3-5-7-20)24(32)26(40)42-23(37)9-8-21(31)25(38)39/h3-7,19,21,24H,2,8-18,31-32H2,1H3,(H,38,39)/t19-,21?,24?,44?/m1/s1. The highest BCUT2D eigenvalue weighted by Crippen LogP contribution is 2.57. The van der Waals surface area contributed by atoms with Crippen LogP contribution in [0.15, 0.2) is 30.3 Å². The van der Waals surface area contributed by atoms with Crippen LogP contribution in [0, 0.1) is 0 Å². The summed E-state index contributed by atoms with van der Waals surface area (Å²) in [5, 5.41) is 8.53. The Kier molecular flexibility index (Phi) is 20.9. The average Bonchev–Trinajstić information content (AvgIpc) is 3.01. The van der Waals surface area contributed by atoms with E-state index in [-0.39, 0.29) is 73.5 Å². The molecule has 0 aliphatic heterocycles. The smallest absolute Gasteiger partial charge is 0.357 e.